The van der Waals surface area contributed by atoms with Gasteiger partial charge in [-0.3, -0.25) is 0 Å². The number of rotatable bonds is 3. The maximum absolute atomic E-state index is 11.5. The molecule has 2 unspecified atom stereocenters. The fourth-order valence-corrected chi connectivity index (χ4v) is 2.86. The Morgan fingerprint density at radius 2 is 2.24 bits per heavy atom. The Morgan fingerprint density at radius 3 is 2.76 bits per heavy atom. The van der Waals surface area contributed by atoms with E-state index in [0.29, 0.717) is 18.8 Å². The molecule has 1 saturated carbocycles. The molecule has 1 aliphatic carbocycles. The number of benzene rings is 1. The Kier molecular flexibility index (Phi) is 3.43. The highest BCUT2D eigenvalue weighted by Crippen LogP contribution is 2.38. The summed E-state index contributed by atoms with van der Waals surface area (Å²) in [4.78, 5) is 11.5. The second-order valence-corrected chi connectivity index (χ2v) is 5.69. The topological polar surface area (TPSA) is 49.3 Å². The van der Waals surface area contributed by atoms with Crippen LogP contribution in [0.15, 0.2) is 28.7 Å². The second-order valence-electron chi connectivity index (χ2n) is 4.84. The largest absolute Gasteiger partial charge is 0.480 e. The summed E-state index contributed by atoms with van der Waals surface area (Å²) in [5, 5.41) is 12.7. The third-order valence-corrected chi connectivity index (χ3v) is 4.11. The molecule has 92 valence electrons. The molecule has 1 aromatic rings. The van der Waals surface area contributed by atoms with Gasteiger partial charge in [0.1, 0.15) is 5.54 Å². The predicted molar refractivity (Wildman–Crippen MR) is 71.1 cm³/mol. The molecule has 17 heavy (non-hydrogen) atoms. The molecule has 0 bridgehead atoms. The third kappa shape index (κ3) is 2.46. The Labute approximate surface area is 109 Å². The molecule has 1 aliphatic rings. The van der Waals surface area contributed by atoms with E-state index in [1.807, 2.05) is 24.3 Å². The van der Waals surface area contributed by atoms with Crippen molar-refractivity contribution in [2.75, 3.05) is 5.32 Å². The summed E-state index contributed by atoms with van der Waals surface area (Å²) in [6.45, 7) is 2.10. The Balaban J connectivity index is 2.26. The van der Waals surface area contributed by atoms with Crippen molar-refractivity contribution in [3.8, 4) is 0 Å². The van der Waals surface area contributed by atoms with Gasteiger partial charge in [-0.15, -0.1) is 0 Å². The zero-order valence-corrected chi connectivity index (χ0v) is 11.3. The molecule has 2 N–H and O–H groups in total. The lowest BCUT2D eigenvalue weighted by atomic mass is 9.96. The summed E-state index contributed by atoms with van der Waals surface area (Å²) in [5.41, 5.74) is 0.0486. The maximum atomic E-state index is 11.5. The van der Waals surface area contributed by atoms with Gasteiger partial charge in [0.2, 0.25) is 0 Å². The fraction of sp³-hybridized carbons (Fsp3) is 0.462. The molecule has 0 aliphatic heterocycles. The number of carbonyl (C=O) groups is 1. The van der Waals surface area contributed by atoms with Crippen LogP contribution >= 0.6 is 15.9 Å². The SMILES string of the molecule is CC1CCC(Nc2ccccc2Br)(C(=O)O)C1. The van der Waals surface area contributed by atoms with Gasteiger partial charge in [0.15, 0.2) is 0 Å². The van der Waals surface area contributed by atoms with Crippen LogP contribution < -0.4 is 5.32 Å². The summed E-state index contributed by atoms with van der Waals surface area (Å²) in [6.07, 6.45) is 2.33. The normalized spacial score (nSPS) is 28.0. The lowest BCUT2D eigenvalue weighted by Gasteiger charge is -2.27. The molecule has 0 spiro atoms. The van der Waals surface area contributed by atoms with E-state index in [9.17, 15) is 9.90 Å². The number of carboxylic acids is 1. The highest BCUT2D eigenvalue weighted by atomic mass is 79.9. The minimum Gasteiger partial charge on any atom is -0.480 e. The van der Waals surface area contributed by atoms with E-state index >= 15 is 0 Å². The standard InChI is InChI=1S/C13H16BrNO2/c1-9-6-7-13(8-9,12(16)17)15-11-5-3-2-4-10(11)14/h2-5,9,15H,6-8H2,1H3,(H,16,17). The van der Waals surface area contributed by atoms with Crippen molar-refractivity contribution >= 4 is 27.6 Å². The van der Waals surface area contributed by atoms with Gasteiger partial charge in [0.25, 0.3) is 0 Å². The number of halogens is 1. The second kappa shape index (κ2) is 4.69. The molecule has 2 rings (SSSR count). The van der Waals surface area contributed by atoms with Crippen LogP contribution in [0.3, 0.4) is 0 Å². The number of hydrogen-bond acceptors (Lipinski definition) is 2. The molecular formula is C13H16BrNO2. The average Bonchev–Trinajstić information content (AvgIpc) is 2.65. The van der Waals surface area contributed by atoms with E-state index in [2.05, 4.69) is 28.2 Å². The van der Waals surface area contributed by atoms with Gasteiger partial charge in [-0.05, 0) is 53.2 Å². The first-order chi connectivity index (χ1) is 8.03. The minimum atomic E-state index is -0.802. The average molecular weight is 298 g/mol. The highest BCUT2D eigenvalue weighted by molar-refractivity contribution is 9.10. The third-order valence-electron chi connectivity index (χ3n) is 3.42. The summed E-state index contributed by atoms with van der Waals surface area (Å²) in [7, 11) is 0. The first-order valence-corrected chi connectivity index (χ1v) is 6.59. The van der Waals surface area contributed by atoms with Gasteiger partial charge in [-0.1, -0.05) is 19.1 Å². The number of carboxylic acid groups (broad SMARTS) is 1. The molecule has 0 aromatic heterocycles. The van der Waals surface area contributed by atoms with Crippen molar-refractivity contribution in [1.29, 1.82) is 0 Å². The maximum Gasteiger partial charge on any atom is 0.329 e. The van der Waals surface area contributed by atoms with Gasteiger partial charge in [-0.25, -0.2) is 4.79 Å². The molecule has 1 fully saturated rings. The van der Waals surface area contributed by atoms with Crippen LogP contribution in [0.25, 0.3) is 0 Å². The molecule has 2 atom stereocenters. The van der Waals surface area contributed by atoms with Crippen molar-refractivity contribution in [3.63, 3.8) is 0 Å². The van der Waals surface area contributed by atoms with Crippen molar-refractivity contribution in [2.24, 2.45) is 5.92 Å². The summed E-state index contributed by atoms with van der Waals surface area (Å²) >= 11 is 3.44. The first-order valence-electron chi connectivity index (χ1n) is 5.80. The lowest BCUT2D eigenvalue weighted by molar-refractivity contribution is -0.142. The lowest BCUT2D eigenvalue weighted by Crippen LogP contribution is -2.44. The van der Waals surface area contributed by atoms with Crippen LogP contribution in [0.2, 0.25) is 0 Å². The quantitative estimate of drug-likeness (QED) is 0.898. The van der Waals surface area contributed by atoms with Gasteiger partial charge in [-0.2, -0.15) is 0 Å². The van der Waals surface area contributed by atoms with Crippen LogP contribution in [0.4, 0.5) is 5.69 Å². The number of anilines is 1. The Morgan fingerprint density at radius 1 is 1.53 bits per heavy atom. The minimum absolute atomic E-state index is 0.459. The monoisotopic (exact) mass is 297 g/mol. The zero-order valence-electron chi connectivity index (χ0n) is 9.74. The van der Waals surface area contributed by atoms with Gasteiger partial charge >= 0.3 is 5.97 Å². The Hall–Kier alpha value is -1.03. The summed E-state index contributed by atoms with van der Waals surface area (Å²) < 4.78 is 0.903. The number of nitrogens with one attached hydrogen (secondary N) is 1. The Bertz CT molecular complexity index is 435. The molecule has 0 saturated heterocycles. The number of aliphatic carboxylic acids is 1. The van der Waals surface area contributed by atoms with Crippen LogP contribution in [0.5, 0.6) is 0 Å². The predicted octanol–water partition coefficient (Wildman–Crippen LogP) is 3.50. The van der Waals surface area contributed by atoms with E-state index in [1.165, 1.54) is 0 Å². The van der Waals surface area contributed by atoms with Crippen LogP contribution in [-0.2, 0) is 4.79 Å². The smallest absolute Gasteiger partial charge is 0.329 e. The van der Waals surface area contributed by atoms with E-state index in [4.69, 9.17) is 0 Å². The van der Waals surface area contributed by atoms with E-state index in [1.54, 1.807) is 0 Å². The highest BCUT2D eigenvalue weighted by Gasteiger charge is 2.44. The van der Waals surface area contributed by atoms with Crippen LogP contribution in [0, 0.1) is 5.92 Å². The fourth-order valence-electron chi connectivity index (χ4n) is 2.47. The summed E-state index contributed by atoms with van der Waals surface area (Å²) in [6, 6.07) is 7.63. The van der Waals surface area contributed by atoms with Gasteiger partial charge in [0.05, 0.1) is 0 Å². The first kappa shape index (κ1) is 12.4. The van der Waals surface area contributed by atoms with Crippen molar-refractivity contribution in [1.82, 2.24) is 0 Å². The molecule has 0 radical (unpaired) electrons. The molecule has 1 aromatic carbocycles. The number of para-hydroxylation sites is 1. The molecule has 3 nitrogen and oxygen atoms in total. The van der Waals surface area contributed by atoms with Crippen LogP contribution in [-0.4, -0.2) is 16.6 Å². The molecule has 4 heteroatoms. The van der Waals surface area contributed by atoms with E-state index < -0.39 is 11.5 Å². The van der Waals surface area contributed by atoms with Crippen molar-refractivity contribution < 1.29 is 9.90 Å². The summed E-state index contributed by atoms with van der Waals surface area (Å²) in [5.74, 6) is -0.293. The molecule has 0 amide bonds. The van der Waals surface area contributed by atoms with Gasteiger partial charge < -0.3 is 10.4 Å². The molecular weight excluding hydrogens is 282 g/mol. The van der Waals surface area contributed by atoms with Crippen LogP contribution in [0.1, 0.15) is 26.2 Å². The molecule has 0 heterocycles. The zero-order chi connectivity index (χ0) is 12.5. The van der Waals surface area contributed by atoms with Crippen molar-refractivity contribution in [3.05, 3.63) is 28.7 Å². The van der Waals surface area contributed by atoms with Gasteiger partial charge in [0, 0.05) is 10.2 Å². The van der Waals surface area contributed by atoms with Crippen molar-refractivity contribution in [2.45, 2.75) is 31.7 Å². The van der Waals surface area contributed by atoms with E-state index in [0.717, 1.165) is 16.6 Å². The number of hydrogen-bond donors (Lipinski definition) is 2. The van der Waals surface area contributed by atoms with E-state index in [-0.39, 0.29) is 0 Å².